The second kappa shape index (κ2) is 2.00. The summed E-state index contributed by atoms with van der Waals surface area (Å²) in [5.74, 6) is 0. The summed E-state index contributed by atoms with van der Waals surface area (Å²) in [5.41, 5.74) is -0.645. The predicted molar refractivity (Wildman–Crippen MR) is 35.3 cm³/mol. The van der Waals surface area contributed by atoms with Crippen LogP contribution in [0.3, 0.4) is 0 Å². The van der Waals surface area contributed by atoms with Crippen molar-refractivity contribution in [2.75, 3.05) is 13.2 Å². The highest BCUT2D eigenvalue weighted by atomic mass is 16.8. The van der Waals surface area contributed by atoms with E-state index in [2.05, 4.69) is 0 Å². The smallest absolute Gasteiger partial charge is 0.192 e. The van der Waals surface area contributed by atoms with Crippen LogP contribution < -0.4 is 0 Å². The molecule has 3 fully saturated rings. The van der Waals surface area contributed by atoms with Gasteiger partial charge in [-0.1, -0.05) is 0 Å². The molecule has 68 valence electrons. The molecule has 0 aromatic heterocycles. The van der Waals surface area contributed by atoms with Crippen molar-refractivity contribution in [1.82, 2.24) is 0 Å². The maximum absolute atomic E-state index is 9.67. The molecule has 3 heterocycles. The summed E-state index contributed by atoms with van der Waals surface area (Å²) in [5, 5.41) is 18.5. The Morgan fingerprint density at radius 2 is 2.33 bits per heavy atom. The first-order valence-corrected chi connectivity index (χ1v) is 4.03. The Morgan fingerprint density at radius 3 is 2.92 bits per heavy atom. The molecule has 0 aromatic carbocycles. The number of hydrogen-bond donors (Lipinski definition) is 2. The molecule has 5 nitrogen and oxygen atoms in total. The fourth-order valence-electron chi connectivity index (χ4n) is 2.10. The number of aliphatic hydroxyl groups excluding tert-OH is 2. The molecule has 5 heteroatoms. The van der Waals surface area contributed by atoms with Gasteiger partial charge in [0.25, 0.3) is 0 Å². The first-order valence-electron chi connectivity index (χ1n) is 4.03. The highest BCUT2D eigenvalue weighted by Gasteiger charge is 2.77. The van der Waals surface area contributed by atoms with Gasteiger partial charge in [0.15, 0.2) is 11.9 Å². The topological polar surface area (TPSA) is 71.5 Å². The van der Waals surface area contributed by atoms with Gasteiger partial charge in [-0.25, -0.2) is 0 Å². The highest BCUT2D eigenvalue weighted by molar-refractivity contribution is 5.19. The van der Waals surface area contributed by atoms with Crippen molar-refractivity contribution in [2.24, 2.45) is 0 Å². The molecule has 3 rings (SSSR count). The first-order chi connectivity index (χ1) is 5.79. The van der Waals surface area contributed by atoms with E-state index in [9.17, 15) is 5.11 Å². The molecule has 0 saturated carbocycles. The van der Waals surface area contributed by atoms with Crippen molar-refractivity contribution in [3.63, 3.8) is 0 Å². The number of rotatable bonds is 1. The molecule has 2 unspecified atom stereocenters. The van der Waals surface area contributed by atoms with Gasteiger partial charge in [0.1, 0.15) is 18.3 Å². The molecular weight excluding hydrogens is 164 g/mol. The summed E-state index contributed by atoms with van der Waals surface area (Å²) in [6, 6.07) is 0. The monoisotopic (exact) mass is 174 g/mol. The number of hydrogen-bond acceptors (Lipinski definition) is 5. The standard InChI is InChI=1S/C7H10O5/c8-1-3-5(9)7-4(12-7)2-10-6(7)11-3/h3-6,8-9H,1-2H2/t3-,4?,5-,6?,7+/m1/s1. The molecule has 1 spiro atoms. The fourth-order valence-corrected chi connectivity index (χ4v) is 2.10. The van der Waals surface area contributed by atoms with E-state index in [0.717, 1.165) is 0 Å². The SMILES string of the molecule is OC[C@H]1OC2OCC3O[C@]32[C@@H]1O. The normalized spacial score (nSPS) is 61.5. The molecule has 3 aliphatic rings. The zero-order valence-electron chi connectivity index (χ0n) is 6.34. The molecule has 3 aliphatic heterocycles. The zero-order chi connectivity index (χ0) is 8.34. The summed E-state index contributed by atoms with van der Waals surface area (Å²) in [7, 11) is 0. The van der Waals surface area contributed by atoms with E-state index in [1.807, 2.05) is 0 Å². The van der Waals surface area contributed by atoms with Crippen LogP contribution in [0.15, 0.2) is 0 Å². The second-order valence-corrected chi connectivity index (χ2v) is 3.43. The van der Waals surface area contributed by atoms with E-state index in [1.54, 1.807) is 0 Å². The van der Waals surface area contributed by atoms with Gasteiger partial charge in [-0.15, -0.1) is 0 Å². The molecule has 0 amide bonds. The molecule has 0 aliphatic carbocycles. The summed E-state index contributed by atoms with van der Waals surface area (Å²) >= 11 is 0. The van der Waals surface area contributed by atoms with Gasteiger partial charge in [-0.3, -0.25) is 0 Å². The van der Waals surface area contributed by atoms with Crippen molar-refractivity contribution in [2.45, 2.75) is 30.2 Å². The highest BCUT2D eigenvalue weighted by Crippen LogP contribution is 2.54. The Kier molecular flexibility index (Phi) is 1.20. The van der Waals surface area contributed by atoms with Crippen LogP contribution in [-0.2, 0) is 14.2 Å². The van der Waals surface area contributed by atoms with Crippen molar-refractivity contribution in [3.8, 4) is 0 Å². The lowest BCUT2D eigenvalue weighted by Crippen LogP contribution is -2.37. The van der Waals surface area contributed by atoms with Crippen LogP contribution in [0.5, 0.6) is 0 Å². The molecule has 0 radical (unpaired) electrons. The first kappa shape index (κ1) is 7.23. The Bertz CT molecular complexity index is 220. The van der Waals surface area contributed by atoms with Crippen molar-refractivity contribution >= 4 is 0 Å². The lowest BCUT2D eigenvalue weighted by Gasteiger charge is -2.10. The third-order valence-corrected chi connectivity index (χ3v) is 2.85. The van der Waals surface area contributed by atoms with E-state index < -0.39 is 24.1 Å². The van der Waals surface area contributed by atoms with Gasteiger partial charge in [-0.2, -0.15) is 0 Å². The van der Waals surface area contributed by atoms with E-state index in [1.165, 1.54) is 0 Å². The van der Waals surface area contributed by atoms with Crippen LogP contribution in [0.2, 0.25) is 0 Å². The van der Waals surface area contributed by atoms with Gasteiger partial charge >= 0.3 is 0 Å². The van der Waals surface area contributed by atoms with Crippen LogP contribution in [0, 0.1) is 0 Å². The largest absolute Gasteiger partial charge is 0.394 e. The summed E-state index contributed by atoms with van der Waals surface area (Å²) < 4.78 is 15.8. The van der Waals surface area contributed by atoms with Crippen LogP contribution in [-0.4, -0.2) is 53.6 Å². The van der Waals surface area contributed by atoms with Crippen molar-refractivity contribution in [3.05, 3.63) is 0 Å². The fraction of sp³-hybridized carbons (Fsp3) is 1.00. The Hall–Kier alpha value is -0.200. The van der Waals surface area contributed by atoms with Crippen molar-refractivity contribution < 1.29 is 24.4 Å². The Balaban J connectivity index is 1.89. The summed E-state index contributed by atoms with van der Waals surface area (Å²) in [6.45, 7) is 0.290. The van der Waals surface area contributed by atoms with E-state index in [-0.39, 0.29) is 12.7 Å². The maximum Gasteiger partial charge on any atom is 0.192 e. The van der Waals surface area contributed by atoms with E-state index in [4.69, 9.17) is 19.3 Å². The third-order valence-electron chi connectivity index (χ3n) is 2.85. The van der Waals surface area contributed by atoms with Gasteiger partial charge < -0.3 is 24.4 Å². The lowest BCUT2D eigenvalue weighted by atomic mass is 9.99. The molecule has 5 atom stereocenters. The minimum atomic E-state index is -0.750. The quantitative estimate of drug-likeness (QED) is 0.460. The number of epoxide rings is 1. The average Bonchev–Trinajstić information content (AvgIpc) is 2.61. The second-order valence-electron chi connectivity index (χ2n) is 3.43. The van der Waals surface area contributed by atoms with Crippen LogP contribution >= 0.6 is 0 Å². The minimum absolute atomic E-state index is 0.0333. The molecule has 2 N–H and O–H groups in total. The van der Waals surface area contributed by atoms with Gasteiger partial charge in [0, 0.05) is 0 Å². The van der Waals surface area contributed by atoms with Gasteiger partial charge in [0.2, 0.25) is 0 Å². The third kappa shape index (κ3) is 0.592. The molecular formula is C7H10O5. The minimum Gasteiger partial charge on any atom is -0.394 e. The summed E-state index contributed by atoms with van der Waals surface area (Å²) in [4.78, 5) is 0. The zero-order valence-corrected chi connectivity index (χ0v) is 6.34. The summed E-state index contributed by atoms with van der Waals surface area (Å²) in [6.07, 6.45) is -1.82. The molecule has 0 bridgehead atoms. The molecule has 12 heavy (non-hydrogen) atoms. The predicted octanol–water partition coefficient (Wildman–Crippen LogP) is -1.77. The number of ether oxygens (including phenoxy) is 3. The van der Waals surface area contributed by atoms with Crippen LogP contribution in [0.1, 0.15) is 0 Å². The van der Waals surface area contributed by atoms with Crippen LogP contribution in [0.25, 0.3) is 0 Å². The number of aliphatic hydroxyl groups is 2. The average molecular weight is 174 g/mol. The Morgan fingerprint density at radius 1 is 1.50 bits per heavy atom. The molecule has 3 saturated heterocycles. The van der Waals surface area contributed by atoms with Gasteiger partial charge in [0.05, 0.1) is 13.2 Å². The van der Waals surface area contributed by atoms with Gasteiger partial charge in [-0.05, 0) is 0 Å². The van der Waals surface area contributed by atoms with Crippen molar-refractivity contribution in [1.29, 1.82) is 0 Å². The molecule has 0 aromatic rings. The Labute approximate surface area is 68.8 Å². The van der Waals surface area contributed by atoms with E-state index in [0.29, 0.717) is 6.61 Å². The lowest BCUT2D eigenvalue weighted by molar-refractivity contribution is -0.153. The maximum atomic E-state index is 9.67. The van der Waals surface area contributed by atoms with Crippen LogP contribution in [0.4, 0.5) is 0 Å². The van der Waals surface area contributed by atoms with E-state index >= 15 is 0 Å².